The number of anilines is 1. The van der Waals surface area contributed by atoms with Crippen LogP contribution in [0.25, 0.3) is 0 Å². The van der Waals surface area contributed by atoms with Crippen molar-refractivity contribution in [1.29, 1.82) is 5.26 Å². The number of hydrogen-bond acceptors (Lipinski definition) is 5. The number of nitrogens with one attached hydrogen (secondary N) is 1. The highest BCUT2D eigenvalue weighted by Gasteiger charge is 2.27. The van der Waals surface area contributed by atoms with Gasteiger partial charge in [-0.25, -0.2) is 9.97 Å². The average Bonchev–Trinajstić information content (AvgIpc) is 2.47. The second-order valence-electron chi connectivity index (χ2n) is 6.33. The van der Waals surface area contributed by atoms with Gasteiger partial charge in [0.15, 0.2) is 11.5 Å². The van der Waals surface area contributed by atoms with Crippen LogP contribution in [0.4, 0.5) is 5.82 Å². The first-order valence-corrected chi connectivity index (χ1v) is 7.19. The number of hydrogen-bond donors (Lipinski definition) is 1. The standard InChI is InChI=1S/C15H21N5O/c1-15(2,3)14(21)19-11-4-8-20(9-5-11)13-12(10-16)17-6-7-18-13/h6-7,11H,4-5,8-9H2,1-3H3,(H,19,21). The van der Waals surface area contributed by atoms with Gasteiger partial charge in [0.2, 0.25) is 5.91 Å². The van der Waals surface area contributed by atoms with Crippen molar-refractivity contribution in [3.05, 3.63) is 18.1 Å². The summed E-state index contributed by atoms with van der Waals surface area (Å²) < 4.78 is 0. The van der Waals surface area contributed by atoms with Crippen LogP contribution in [-0.4, -0.2) is 35.0 Å². The highest BCUT2D eigenvalue weighted by molar-refractivity contribution is 5.81. The zero-order chi connectivity index (χ0) is 15.5. The first kappa shape index (κ1) is 15.2. The highest BCUT2D eigenvalue weighted by atomic mass is 16.2. The molecular weight excluding hydrogens is 266 g/mol. The van der Waals surface area contributed by atoms with Crippen LogP contribution in [0.1, 0.15) is 39.3 Å². The van der Waals surface area contributed by atoms with Crippen molar-refractivity contribution < 1.29 is 4.79 Å². The lowest BCUT2D eigenvalue weighted by Crippen LogP contribution is -2.48. The number of nitrogens with zero attached hydrogens (tertiary/aromatic N) is 4. The van der Waals surface area contributed by atoms with Crippen LogP contribution < -0.4 is 10.2 Å². The van der Waals surface area contributed by atoms with Gasteiger partial charge >= 0.3 is 0 Å². The molecule has 0 spiro atoms. The Balaban J connectivity index is 1.95. The number of carbonyl (C=O) groups is 1. The van der Waals surface area contributed by atoms with E-state index in [1.807, 2.05) is 20.8 Å². The molecule has 1 aliphatic heterocycles. The van der Waals surface area contributed by atoms with E-state index in [9.17, 15) is 4.79 Å². The second-order valence-corrected chi connectivity index (χ2v) is 6.33. The fourth-order valence-electron chi connectivity index (χ4n) is 2.28. The van der Waals surface area contributed by atoms with E-state index < -0.39 is 0 Å². The lowest BCUT2D eigenvalue weighted by atomic mass is 9.94. The molecular formula is C15H21N5O. The van der Waals surface area contributed by atoms with Crippen LogP contribution in [0.3, 0.4) is 0 Å². The summed E-state index contributed by atoms with van der Waals surface area (Å²) in [6.45, 7) is 7.27. The van der Waals surface area contributed by atoms with Crippen molar-refractivity contribution in [3.63, 3.8) is 0 Å². The molecule has 0 aliphatic carbocycles. The van der Waals surface area contributed by atoms with E-state index in [-0.39, 0.29) is 17.4 Å². The fraction of sp³-hybridized carbons (Fsp3) is 0.600. The Bertz CT molecular complexity index is 550. The van der Waals surface area contributed by atoms with Crippen LogP contribution in [-0.2, 0) is 4.79 Å². The zero-order valence-corrected chi connectivity index (χ0v) is 12.8. The van der Waals surface area contributed by atoms with Gasteiger partial charge in [-0.15, -0.1) is 0 Å². The summed E-state index contributed by atoms with van der Waals surface area (Å²) in [4.78, 5) is 22.3. The largest absolute Gasteiger partial charge is 0.354 e. The van der Waals surface area contributed by atoms with E-state index in [4.69, 9.17) is 5.26 Å². The van der Waals surface area contributed by atoms with Gasteiger partial charge in [0.25, 0.3) is 0 Å². The van der Waals surface area contributed by atoms with E-state index in [1.165, 1.54) is 6.20 Å². The summed E-state index contributed by atoms with van der Waals surface area (Å²) in [5.74, 6) is 0.721. The van der Waals surface area contributed by atoms with Gasteiger partial charge < -0.3 is 10.2 Å². The molecule has 0 aromatic carbocycles. The molecule has 1 amide bonds. The molecule has 0 bridgehead atoms. The first-order valence-electron chi connectivity index (χ1n) is 7.19. The Hall–Kier alpha value is -2.16. The smallest absolute Gasteiger partial charge is 0.225 e. The maximum atomic E-state index is 12.0. The van der Waals surface area contributed by atoms with Crippen molar-refractivity contribution in [2.45, 2.75) is 39.7 Å². The van der Waals surface area contributed by atoms with Gasteiger partial charge in [0.1, 0.15) is 6.07 Å². The predicted octanol–water partition coefficient (Wildman–Crippen LogP) is 1.48. The molecule has 0 radical (unpaired) electrons. The maximum Gasteiger partial charge on any atom is 0.225 e. The Morgan fingerprint density at radius 1 is 1.33 bits per heavy atom. The molecule has 0 saturated carbocycles. The van der Waals surface area contributed by atoms with Crippen molar-refractivity contribution in [2.75, 3.05) is 18.0 Å². The van der Waals surface area contributed by atoms with Crippen molar-refractivity contribution >= 4 is 11.7 Å². The SMILES string of the molecule is CC(C)(C)C(=O)NC1CCN(c2nccnc2C#N)CC1. The maximum absolute atomic E-state index is 12.0. The van der Waals surface area contributed by atoms with E-state index >= 15 is 0 Å². The lowest BCUT2D eigenvalue weighted by Gasteiger charge is -2.34. The molecule has 21 heavy (non-hydrogen) atoms. The van der Waals surface area contributed by atoms with Gasteiger partial charge in [-0.05, 0) is 12.8 Å². The summed E-state index contributed by atoms with van der Waals surface area (Å²) in [7, 11) is 0. The predicted molar refractivity (Wildman–Crippen MR) is 79.6 cm³/mol. The van der Waals surface area contributed by atoms with Crippen LogP contribution in [0.15, 0.2) is 12.4 Å². The van der Waals surface area contributed by atoms with E-state index in [1.54, 1.807) is 6.20 Å². The summed E-state index contributed by atoms with van der Waals surface area (Å²) in [5, 5.41) is 12.2. The van der Waals surface area contributed by atoms with Crippen LogP contribution in [0.2, 0.25) is 0 Å². The molecule has 112 valence electrons. The molecule has 1 aromatic heterocycles. The Morgan fingerprint density at radius 3 is 2.52 bits per heavy atom. The molecule has 1 aromatic rings. The normalized spacial score (nSPS) is 16.4. The van der Waals surface area contributed by atoms with E-state index in [2.05, 4.69) is 26.3 Å². The number of aromatic nitrogens is 2. The number of carbonyl (C=O) groups excluding carboxylic acids is 1. The summed E-state index contributed by atoms with van der Waals surface area (Å²) in [6.07, 6.45) is 4.83. The highest BCUT2D eigenvalue weighted by Crippen LogP contribution is 2.21. The number of nitriles is 1. The third kappa shape index (κ3) is 3.69. The van der Waals surface area contributed by atoms with Crippen molar-refractivity contribution in [3.8, 4) is 6.07 Å². The lowest BCUT2D eigenvalue weighted by molar-refractivity contribution is -0.129. The summed E-state index contributed by atoms with van der Waals surface area (Å²) in [5.41, 5.74) is -0.00888. The van der Waals surface area contributed by atoms with Crippen LogP contribution in [0.5, 0.6) is 0 Å². The molecule has 1 fully saturated rings. The molecule has 1 N–H and O–H groups in total. The molecule has 1 aliphatic rings. The number of rotatable bonds is 2. The molecule has 1 saturated heterocycles. The third-order valence-electron chi connectivity index (χ3n) is 3.60. The quantitative estimate of drug-likeness (QED) is 0.891. The topological polar surface area (TPSA) is 81.9 Å². The van der Waals surface area contributed by atoms with Crippen LogP contribution >= 0.6 is 0 Å². The number of amides is 1. The minimum absolute atomic E-state index is 0.0816. The van der Waals surface area contributed by atoms with Gasteiger partial charge in [0.05, 0.1) is 0 Å². The third-order valence-corrected chi connectivity index (χ3v) is 3.60. The van der Waals surface area contributed by atoms with Gasteiger partial charge in [-0.2, -0.15) is 5.26 Å². The van der Waals surface area contributed by atoms with Crippen LogP contribution in [0, 0.1) is 16.7 Å². The monoisotopic (exact) mass is 287 g/mol. The first-order chi connectivity index (χ1) is 9.91. The number of piperidine rings is 1. The van der Waals surface area contributed by atoms with Gasteiger partial charge in [-0.1, -0.05) is 20.8 Å². The van der Waals surface area contributed by atoms with E-state index in [0.29, 0.717) is 11.5 Å². The minimum Gasteiger partial charge on any atom is -0.354 e. The average molecular weight is 287 g/mol. The van der Waals surface area contributed by atoms with Gasteiger partial charge in [0, 0.05) is 36.9 Å². The van der Waals surface area contributed by atoms with E-state index in [0.717, 1.165) is 25.9 Å². The molecule has 2 heterocycles. The molecule has 2 rings (SSSR count). The molecule has 0 unspecified atom stereocenters. The fourth-order valence-corrected chi connectivity index (χ4v) is 2.28. The second kappa shape index (κ2) is 6.08. The molecule has 0 atom stereocenters. The molecule has 6 nitrogen and oxygen atoms in total. The summed E-state index contributed by atoms with van der Waals surface area (Å²) in [6, 6.07) is 2.26. The van der Waals surface area contributed by atoms with Gasteiger partial charge in [-0.3, -0.25) is 4.79 Å². The molecule has 6 heteroatoms. The Morgan fingerprint density at radius 2 is 1.95 bits per heavy atom. The zero-order valence-electron chi connectivity index (χ0n) is 12.8. The Kier molecular flexibility index (Phi) is 4.41. The summed E-state index contributed by atoms with van der Waals surface area (Å²) >= 11 is 0. The van der Waals surface area contributed by atoms with Crippen molar-refractivity contribution in [2.24, 2.45) is 5.41 Å². The Labute approximate surface area is 125 Å². The van der Waals surface area contributed by atoms with Crippen molar-refractivity contribution in [1.82, 2.24) is 15.3 Å². The minimum atomic E-state index is -0.365.